The fourth-order valence-electron chi connectivity index (χ4n) is 2.85. The second-order valence-electron chi connectivity index (χ2n) is 6.71. The molecule has 0 aliphatic rings. The molecule has 0 radical (unpaired) electrons. The lowest BCUT2D eigenvalue weighted by molar-refractivity contribution is -0.139. The van der Waals surface area contributed by atoms with E-state index in [9.17, 15) is 4.79 Å². The summed E-state index contributed by atoms with van der Waals surface area (Å²) in [5.41, 5.74) is 0.485. The van der Waals surface area contributed by atoms with Crippen LogP contribution in [0.15, 0.2) is 12.2 Å². The first kappa shape index (κ1) is 22.2. The van der Waals surface area contributed by atoms with Crippen molar-refractivity contribution in [3.05, 3.63) is 12.2 Å². The van der Waals surface area contributed by atoms with E-state index in [2.05, 4.69) is 32.3 Å². The van der Waals surface area contributed by atoms with Crippen molar-refractivity contribution in [3.63, 3.8) is 0 Å². The van der Waals surface area contributed by atoms with E-state index < -0.39 is 0 Å². The summed E-state index contributed by atoms with van der Waals surface area (Å²) in [6.07, 6.45) is 11.1. The van der Waals surface area contributed by atoms with E-state index in [0.717, 1.165) is 18.9 Å². The molecule has 0 saturated carbocycles. The van der Waals surface area contributed by atoms with E-state index >= 15 is 0 Å². The lowest BCUT2D eigenvalue weighted by atomic mass is 10.1. The highest BCUT2D eigenvalue weighted by Gasteiger charge is 2.11. The van der Waals surface area contributed by atoms with Gasteiger partial charge < -0.3 is 9.64 Å². The number of ether oxygens (including phenoxy) is 1. The summed E-state index contributed by atoms with van der Waals surface area (Å²) in [6.45, 7) is 15.2. The Balaban J connectivity index is 3.50. The molecule has 0 aromatic carbocycles. The summed E-state index contributed by atoms with van der Waals surface area (Å²) in [5, 5.41) is 0. The van der Waals surface area contributed by atoms with Crippen LogP contribution in [-0.2, 0) is 9.53 Å². The van der Waals surface area contributed by atoms with Crippen molar-refractivity contribution in [3.8, 4) is 0 Å². The van der Waals surface area contributed by atoms with Crippen molar-refractivity contribution < 1.29 is 9.53 Å². The van der Waals surface area contributed by atoms with E-state index in [0.29, 0.717) is 12.2 Å². The molecule has 0 bridgehead atoms. The van der Waals surface area contributed by atoms with E-state index in [1.807, 2.05) is 0 Å². The van der Waals surface area contributed by atoms with Crippen molar-refractivity contribution in [2.24, 2.45) is 0 Å². The molecule has 3 nitrogen and oxygen atoms in total. The third kappa shape index (κ3) is 12.3. The van der Waals surface area contributed by atoms with E-state index in [4.69, 9.17) is 4.74 Å². The van der Waals surface area contributed by atoms with E-state index in [-0.39, 0.29) is 5.97 Å². The van der Waals surface area contributed by atoms with Crippen LogP contribution in [0.1, 0.15) is 85.5 Å². The van der Waals surface area contributed by atoms with Gasteiger partial charge >= 0.3 is 5.97 Å². The van der Waals surface area contributed by atoms with Crippen molar-refractivity contribution in [1.82, 2.24) is 4.90 Å². The van der Waals surface area contributed by atoms with Gasteiger partial charge in [-0.25, -0.2) is 4.79 Å². The maximum absolute atomic E-state index is 11.2. The van der Waals surface area contributed by atoms with Crippen molar-refractivity contribution in [1.29, 1.82) is 0 Å². The molecule has 0 rings (SSSR count). The summed E-state index contributed by atoms with van der Waals surface area (Å²) < 4.78 is 5.09. The number of hydrogen-bond donors (Lipinski definition) is 0. The number of hydrogen-bond acceptors (Lipinski definition) is 3. The molecule has 0 aliphatic carbocycles. The Morgan fingerprint density at radius 2 is 1.52 bits per heavy atom. The number of rotatable bonds is 15. The molecular formula is C20H39NO2. The molecule has 1 atom stereocenters. The number of esters is 1. The van der Waals surface area contributed by atoms with Crippen LogP contribution in [0.3, 0.4) is 0 Å². The predicted octanol–water partition coefficient (Wildman–Crippen LogP) is 5.35. The third-order valence-corrected chi connectivity index (χ3v) is 4.24. The largest absolute Gasteiger partial charge is 0.462 e. The second kappa shape index (κ2) is 14.7. The minimum absolute atomic E-state index is 0.261. The SMILES string of the molecule is C=C(C)C(=O)OCCCCCCCCC(C)N(CCC)CCC. The first-order valence-corrected chi connectivity index (χ1v) is 9.59. The lowest BCUT2D eigenvalue weighted by Gasteiger charge is -2.28. The van der Waals surface area contributed by atoms with Gasteiger partial charge in [0.25, 0.3) is 0 Å². The summed E-state index contributed by atoms with van der Waals surface area (Å²) >= 11 is 0. The van der Waals surface area contributed by atoms with Gasteiger partial charge in [-0.1, -0.05) is 52.5 Å². The van der Waals surface area contributed by atoms with Crippen molar-refractivity contribution >= 4 is 5.97 Å². The molecule has 136 valence electrons. The zero-order valence-electron chi connectivity index (χ0n) is 16.0. The second-order valence-corrected chi connectivity index (χ2v) is 6.71. The molecule has 0 amide bonds. The topological polar surface area (TPSA) is 29.5 Å². The fraction of sp³-hybridized carbons (Fsp3) is 0.850. The molecule has 0 spiro atoms. The van der Waals surface area contributed by atoms with Crippen molar-refractivity contribution in [2.45, 2.75) is 91.5 Å². The smallest absolute Gasteiger partial charge is 0.333 e. The Kier molecular flexibility index (Phi) is 14.2. The average molecular weight is 326 g/mol. The standard InChI is InChI=1S/C20H39NO2/c1-6-15-21(16-7-2)19(5)14-12-10-8-9-11-13-17-23-20(22)18(3)4/h19H,3,6-17H2,1-2,4-5H3. The third-order valence-electron chi connectivity index (χ3n) is 4.24. The minimum atomic E-state index is -0.261. The molecule has 0 aromatic rings. The van der Waals surface area contributed by atoms with Gasteiger partial charge in [0.05, 0.1) is 6.61 Å². The number of unbranched alkanes of at least 4 members (excludes halogenated alkanes) is 5. The molecule has 0 saturated heterocycles. The molecule has 0 aromatic heterocycles. The van der Waals surface area contributed by atoms with Gasteiger partial charge in [0.2, 0.25) is 0 Å². The van der Waals surface area contributed by atoms with Gasteiger partial charge in [-0.2, -0.15) is 0 Å². The maximum atomic E-state index is 11.2. The zero-order valence-corrected chi connectivity index (χ0v) is 16.0. The average Bonchev–Trinajstić information content (AvgIpc) is 2.52. The van der Waals surface area contributed by atoms with Crippen LogP contribution in [0, 0.1) is 0 Å². The van der Waals surface area contributed by atoms with Gasteiger partial charge in [-0.05, 0) is 52.6 Å². The highest BCUT2D eigenvalue weighted by atomic mass is 16.5. The summed E-state index contributed by atoms with van der Waals surface area (Å²) in [4.78, 5) is 13.8. The van der Waals surface area contributed by atoms with Crippen LogP contribution in [0.25, 0.3) is 0 Å². The highest BCUT2D eigenvalue weighted by molar-refractivity contribution is 5.86. The van der Waals surface area contributed by atoms with Gasteiger partial charge in [-0.3, -0.25) is 0 Å². The molecule has 0 fully saturated rings. The lowest BCUT2D eigenvalue weighted by Crippen LogP contribution is -2.34. The van der Waals surface area contributed by atoms with Crippen molar-refractivity contribution in [2.75, 3.05) is 19.7 Å². The zero-order chi connectivity index (χ0) is 17.5. The van der Waals surface area contributed by atoms with Gasteiger partial charge in [-0.15, -0.1) is 0 Å². The summed E-state index contributed by atoms with van der Waals surface area (Å²) in [6, 6.07) is 0.719. The normalized spacial score (nSPS) is 12.4. The van der Waals surface area contributed by atoms with Gasteiger partial charge in [0.1, 0.15) is 0 Å². The number of carbonyl (C=O) groups excluding carboxylic acids is 1. The van der Waals surface area contributed by atoms with Gasteiger partial charge in [0, 0.05) is 11.6 Å². The molecule has 1 unspecified atom stereocenters. The highest BCUT2D eigenvalue weighted by Crippen LogP contribution is 2.13. The summed E-state index contributed by atoms with van der Waals surface area (Å²) in [5.74, 6) is -0.261. The predicted molar refractivity (Wildman–Crippen MR) is 99.7 cm³/mol. The monoisotopic (exact) mass is 325 g/mol. The van der Waals surface area contributed by atoms with Crippen LogP contribution >= 0.6 is 0 Å². The number of nitrogens with zero attached hydrogens (tertiary/aromatic N) is 1. The first-order chi connectivity index (χ1) is 11.0. The quantitative estimate of drug-likeness (QED) is 0.231. The van der Waals surface area contributed by atoms with E-state index in [1.165, 1.54) is 58.0 Å². The summed E-state index contributed by atoms with van der Waals surface area (Å²) in [7, 11) is 0. The molecule has 3 heteroatoms. The van der Waals surface area contributed by atoms with Crippen LogP contribution in [0.4, 0.5) is 0 Å². The Labute approximate surface area is 144 Å². The molecule has 0 heterocycles. The fourth-order valence-corrected chi connectivity index (χ4v) is 2.85. The van der Waals surface area contributed by atoms with Crippen LogP contribution in [0.2, 0.25) is 0 Å². The molecule has 23 heavy (non-hydrogen) atoms. The minimum Gasteiger partial charge on any atom is -0.462 e. The Morgan fingerprint density at radius 3 is 2.04 bits per heavy atom. The van der Waals surface area contributed by atoms with Crippen LogP contribution in [-0.4, -0.2) is 36.6 Å². The maximum Gasteiger partial charge on any atom is 0.333 e. The molecule has 0 aliphatic heterocycles. The van der Waals surface area contributed by atoms with E-state index in [1.54, 1.807) is 6.92 Å². The Bertz CT molecular complexity index is 309. The first-order valence-electron chi connectivity index (χ1n) is 9.59. The Hall–Kier alpha value is -0.830. The number of carbonyl (C=O) groups is 1. The Morgan fingerprint density at radius 1 is 1.00 bits per heavy atom. The molecular weight excluding hydrogens is 286 g/mol. The van der Waals surface area contributed by atoms with Crippen LogP contribution < -0.4 is 0 Å². The van der Waals surface area contributed by atoms with Gasteiger partial charge in [0.15, 0.2) is 0 Å². The van der Waals surface area contributed by atoms with Crippen LogP contribution in [0.5, 0.6) is 0 Å². The molecule has 0 N–H and O–H groups in total.